The van der Waals surface area contributed by atoms with Crippen molar-refractivity contribution in [2.45, 2.75) is 25.9 Å². The molecule has 86 valence electrons. The number of carboxylic acid groups (broad SMARTS) is 1. The third-order valence-corrected chi connectivity index (χ3v) is 3.07. The van der Waals surface area contributed by atoms with Crippen molar-refractivity contribution in [3.8, 4) is 5.75 Å². The first-order valence-electron chi connectivity index (χ1n) is 5.29. The van der Waals surface area contributed by atoms with E-state index in [1.807, 2.05) is 12.1 Å². The van der Waals surface area contributed by atoms with Gasteiger partial charge in [0.1, 0.15) is 5.75 Å². The Kier molecular flexibility index (Phi) is 2.83. The number of hydrogen-bond acceptors (Lipinski definition) is 3. The van der Waals surface area contributed by atoms with Gasteiger partial charge >= 0.3 is 6.16 Å². The molecule has 0 bridgehead atoms. The molecule has 0 unspecified atom stereocenters. The number of benzene rings is 1. The lowest BCUT2D eigenvalue weighted by Crippen LogP contribution is -2.34. The molecule has 0 saturated heterocycles. The van der Waals surface area contributed by atoms with Gasteiger partial charge in [0, 0.05) is 12.6 Å². The van der Waals surface area contributed by atoms with Crippen LogP contribution < -0.4 is 4.74 Å². The molecule has 2 rings (SSSR count). The van der Waals surface area contributed by atoms with Gasteiger partial charge in [0.05, 0.1) is 0 Å². The summed E-state index contributed by atoms with van der Waals surface area (Å²) in [5.41, 5.74) is 2.43. The largest absolute Gasteiger partial charge is 0.511 e. The summed E-state index contributed by atoms with van der Waals surface area (Å²) in [6.45, 7) is 3.07. The van der Waals surface area contributed by atoms with Crippen molar-refractivity contribution >= 4 is 6.16 Å². The summed E-state index contributed by atoms with van der Waals surface area (Å²) in [6.07, 6.45) is -0.330. The van der Waals surface area contributed by atoms with Crippen LogP contribution in [0.15, 0.2) is 18.2 Å². The standard InChI is InChI=1S/C12H15NO3/c1-8-5-10-6-11(16-12(14)15)4-3-9(10)7-13(8)2/h3-4,6,8H,5,7H2,1-2H3,(H,14,15)/t8-/m1/s1. The van der Waals surface area contributed by atoms with Crippen LogP contribution in [-0.4, -0.2) is 29.3 Å². The highest BCUT2D eigenvalue weighted by Gasteiger charge is 2.20. The van der Waals surface area contributed by atoms with Crippen LogP contribution in [0, 0.1) is 0 Å². The molecule has 0 aromatic heterocycles. The molecule has 1 aromatic rings. The van der Waals surface area contributed by atoms with Crippen LogP contribution in [0.25, 0.3) is 0 Å². The van der Waals surface area contributed by atoms with Gasteiger partial charge in [-0.2, -0.15) is 0 Å². The van der Waals surface area contributed by atoms with Crippen molar-refractivity contribution in [2.75, 3.05) is 7.05 Å². The number of likely N-dealkylation sites (N-methyl/N-ethyl adjacent to an activating group) is 1. The third-order valence-electron chi connectivity index (χ3n) is 3.07. The molecule has 1 atom stereocenters. The number of rotatable bonds is 1. The summed E-state index contributed by atoms with van der Waals surface area (Å²) in [7, 11) is 2.09. The minimum absolute atomic E-state index is 0.406. The van der Waals surface area contributed by atoms with Gasteiger partial charge in [-0.25, -0.2) is 4.79 Å². The molecular weight excluding hydrogens is 206 g/mol. The Bertz CT molecular complexity index is 417. The van der Waals surface area contributed by atoms with E-state index in [0.717, 1.165) is 13.0 Å². The lowest BCUT2D eigenvalue weighted by atomic mass is 9.95. The molecule has 1 heterocycles. The van der Waals surface area contributed by atoms with Gasteiger partial charge in [-0.3, -0.25) is 4.90 Å². The van der Waals surface area contributed by atoms with Crippen molar-refractivity contribution in [3.63, 3.8) is 0 Å². The van der Waals surface area contributed by atoms with Crippen LogP contribution in [0.3, 0.4) is 0 Å². The van der Waals surface area contributed by atoms with E-state index in [9.17, 15) is 4.79 Å². The van der Waals surface area contributed by atoms with Gasteiger partial charge in [0.25, 0.3) is 0 Å². The monoisotopic (exact) mass is 221 g/mol. The Morgan fingerprint density at radius 3 is 2.94 bits per heavy atom. The van der Waals surface area contributed by atoms with E-state index >= 15 is 0 Å². The van der Waals surface area contributed by atoms with Crippen molar-refractivity contribution in [1.29, 1.82) is 0 Å². The molecule has 4 heteroatoms. The fourth-order valence-electron chi connectivity index (χ4n) is 2.01. The van der Waals surface area contributed by atoms with Crippen LogP contribution >= 0.6 is 0 Å². The second-order valence-corrected chi connectivity index (χ2v) is 4.27. The maximum absolute atomic E-state index is 10.4. The first kappa shape index (κ1) is 11.0. The molecule has 0 spiro atoms. The first-order chi connectivity index (χ1) is 7.56. The number of fused-ring (bicyclic) bond motifs is 1. The fraction of sp³-hybridized carbons (Fsp3) is 0.417. The second-order valence-electron chi connectivity index (χ2n) is 4.27. The maximum atomic E-state index is 10.4. The lowest BCUT2D eigenvalue weighted by Gasteiger charge is -2.31. The molecule has 1 aromatic carbocycles. The molecule has 1 aliphatic rings. The summed E-state index contributed by atoms with van der Waals surface area (Å²) in [5.74, 6) is 0.406. The van der Waals surface area contributed by atoms with Crippen LogP contribution in [0.2, 0.25) is 0 Å². The average molecular weight is 221 g/mol. The van der Waals surface area contributed by atoms with E-state index in [0.29, 0.717) is 11.8 Å². The molecule has 0 fully saturated rings. The molecule has 1 N–H and O–H groups in total. The highest BCUT2D eigenvalue weighted by Crippen LogP contribution is 2.25. The molecular formula is C12H15NO3. The van der Waals surface area contributed by atoms with Crippen molar-refractivity contribution in [1.82, 2.24) is 4.90 Å². The Morgan fingerprint density at radius 1 is 1.50 bits per heavy atom. The fourth-order valence-corrected chi connectivity index (χ4v) is 2.01. The van der Waals surface area contributed by atoms with Crippen molar-refractivity contribution in [3.05, 3.63) is 29.3 Å². The maximum Gasteiger partial charge on any atom is 0.511 e. The number of ether oxygens (including phenoxy) is 1. The minimum atomic E-state index is -1.26. The average Bonchev–Trinajstić information content (AvgIpc) is 2.19. The van der Waals surface area contributed by atoms with E-state index in [-0.39, 0.29) is 0 Å². The molecule has 0 saturated carbocycles. The molecule has 0 amide bonds. The molecule has 0 aliphatic carbocycles. The summed E-state index contributed by atoms with van der Waals surface area (Å²) in [5, 5.41) is 8.53. The summed E-state index contributed by atoms with van der Waals surface area (Å²) < 4.78 is 4.65. The van der Waals surface area contributed by atoms with E-state index in [2.05, 4.69) is 23.6 Å². The smallest absolute Gasteiger partial charge is 0.449 e. The van der Waals surface area contributed by atoms with Crippen molar-refractivity contribution < 1.29 is 14.6 Å². The van der Waals surface area contributed by atoms with Crippen molar-refractivity contribution in [2.24, 2.45) is 0 Å². The lowest BCUT2D eigenvalue weighted by molar-refractivity contribution is 0.144. The molecule has 4 nitrogen and oxygen atoms in total. The van der Waals surface area contributed by atoms with E-state index < -0.39 is 6.16 Å². The highest BCUT2D eigenvalue weighted by molar-refractivity contribution is 5.61. The third kappa shape index (κ3) is 2.17. The molecule has 16 heavy (non-hydrogen) atoms. The summed E-state index contributed by atoms with van der Waals surface area (Å²) in [6, 6.07) is 5.95. The predicted molar refractivity (Wildman–Crippen MR) is 59.7 cm³/mol. The van der Waals surface area contributed by atoms with Gasteiger partial charge < -0.3 is 9.84 Å². The number of hydrogen-bond donors (Lipinski definition) is 1. The SMILES string of the molecule is C[C@@H]1Cc2cc(OC(=O)O)ccc2CN1C. The predicted octanol–water partition coefficient (Wildman–Crippen LogP) is 2.12. The molecule has 1 aliphatic heterocycles. The Morgan fingerprint density at radius 2 is 2.25 bits per heavy atom. The van der Waals surface area contributed by atoms with Gasteiger partial charge in [0.2, 0.25) is 0 Å². The van der Waals surface area contributed by atoms with E-state index in [4.69, 9.17) is 5.11 Å². The highest BCUT2D eigenvalue weighted by atomic mass is 16.7. The Hall–Kier alpha value is -1.55. The number of nitrogens with zero attached hydrogens (tertiary/aromatic N) is 1. The van der Waals surface area contributed by atoms with E-state index in [1.165, 1.54) is 11.1 Å². The summed E-state index contributed by atoms with van der Waals surface area (Å²) >= 11 is 0. The number of carbonyl (C=O) groups is 1. The Balaban J connectivity index is 2.25. The van der Waals surface area contributed by atoms with Crippen LogP contribution in [-0.2, 0) is 13.0 Å². The van der Waals surface area contributed by atoms with Gasteiger partial charge in [-0.1, -0.05) is 6.07 Å². The first-order valence-corrected chi connectivity index (χ1v) is 5.29. The normalized spacial score (nSPS) is 20.2. The van der Waals surface area contributed by atoms with Crippen LogP contribution in [0.5, 0.6) is 5.75 Å². The van der Waals surface area contributed by atoms with Crippen LogP contribution in [0.4, 0.5) is 4.79 Å². The topological polar surface area (TPSA) is 49.8 Å². The summed E-state index contributed by atoms with van der Waals surface area (Å²) in [4.78, 5) is 12.7. The second kappa shape index (κ2) is 4.14. The zero-order chi connectivity index (χ0) is 11.7. The zero-order valence-electron chi connectivity index (χ0n) is 9.43. The van der Waals surface area contributed by atoms with Gasteiger partial charge in [-0.05, 0) is 43.7 Å². The Labute approximate surface area is 94.4 Å². The van der Waals surface area contributed by atoms with Gasteiger partial charge in [0.15, 0.2) is 0 Å². The van der Waals surface area contributed by atoms with Crippen LogP contribution in [0.1, 0.15) is 18.1 Å². The van der Waals surface area contributed by atoms with E-state index in [1.54, 1.807) is 6.07 Å². The molecule has 0 radical (unpaired) electrons. The quantitative estimate of drug-likeness (QED) is 0.583. The minimum Gasteiger partial charge on any atom is -0.449 e. The van der Waals surface area contributed by atoms with Gasteiger partial charge in [-0.15, -0.1) is 0 Å². The zero-order valence-corrected chi connectivity index (χ0v) is 9.43.